The van der Waals surface area contributed by atoms with Crippen LogP contribution in [-0.2, 0) is 0 Å². The molecule has 1 heterocycles. The maximum absolute atomic E-state index is 9.79. The van der Waals surface area contributed by atoms with Crippen molar-refractivity contribution in [1.82, 2.24) is 4.90 Å². The number of methoxy groups -OCH3 is 1. The number of nitrogens with two attached hydrogens (primary N) is 1. The van der Waals surface area contributed by atoms with Gasteiger partial charge in [0, 0.05) is 12.6 Å². The van der Waals surface area contributed by atoms with Gasteiger partial charge >= 0.3 is 0 Å². The number of hydrogen-bond acceptors (Lipinski definition) is 4. The van der Waals surface area contributed by atoms with Gasteiger partial charge in [-0.1, -0.05) is 6.07 Å². The van der Waals surface area contributed by atoms with Crippen LogP contribution in [0.15, 0.2) is 18.2 Å². The Labute approximate surface area is 102 Å². The maximum atomic E-state index is 9.79. The molecular weight excluding hydrogens is 216 g/mol. The quantitative estimate of drug-likeness (QED) is 0.831. The Kier molecular flexibility index (Phi) is 3.54. The largest absolute Gasteiger partial charge is 0.504 e. The molecule has 1 aliphatic heterocycles. The molecule has 2 unspecified atom stereocenters. The molecule has 0 saturated carbocycles. The van der Waals surface area contributed by atoms with Crippen LogP contribution < -0.4 is 10.5 Å². The highest BCUT2D eigenvalue weighted by Gasteiger charge is 2.29. The molecule has 4 heteroatoms. The van der Waals surface area contributed by atoms with Crippen molar-refractivity contribution in [2.45, 2.75) is 12.5 Å². The Bertz CT molecular complexity index is 395. The van der Waals surface area contributed by atoms with Crippen molar-refractivity contribution < 1.29 is 9.84 Å². The van der Waals surface area contributed by atoms with Gasteiger partial charge in [0.25, 0.3) is 0 Å². The van der Waals surface area contributed by atoms with Crippen LogP contribution in [-0.4, -0.2) is 37.3 Å². The van der Waals surface area contributed by atoms with E-state index in [-0.39, 0.29) is 5.75 Å². The van der Waals surface area contributed by atoms with Crippen LogP contribution >= 0.6 is 0 Å². The first-order chi connectivity index (χ1) is 8.15. The Hall–Kier alpha value is -1.26. The molecule has 1 aromatic rings. The predicted octanol–water partition coefficient (Wildman–Crippen LogP) is 1.35. The fourth-order valence-electron chi connectivity index (χ4n) is 2.58. The van der Waals surface area contributed by atoms with Crippen LogP contribution in [0.3, 0.4) is 0 Å². The summed E-state index contributed by atoms with van der Waals surface area (Å²) in [5, 5.41) is 9.79. The number of ether oxygens (including phenoxy) is 1. The molecule has 17 heavy (non-hydrogen) atoms. The Morgan fingerprint density at radius 2 is 2.29 bits per heavy atom. The number of benzene rings is 1. The van der Waals surface area contributed by atoms with Gasteiger partial charge in [0.15, 0.2) is 11.5 Å². The van der Waals surface area contributed by atoms with Crippen molar-refractivity contribution in [3.05, 3.63) is 23.8 Å². The Balaban J connectivity index is 2.20. The van der Waals surface area contributed by atoms with Gasteiger partial charge in [-0.05, 0) is 43.6 Å². The van der Waals surface area contributed by atoms with Gasteiger partial charge in [-0.15, -0.1) is 0 Å². The summed E-state index contributed by atoms with van der Waals surface area (Å²) < 4.78 is 5.05. The fourth-order valence-corrected chi connectivity index (χ4v) is 2.58. The van der Waals surface area contributed by atoms with Crippen LogP contribution in [0.1, 0.15) is 18.0 Å². The van der Waals surface area contributed by atoms with E-state index in [1.54, 1.807) is 13.2 Å². The van der Waals surface area contributed by atoms with E-state index in [1.165, 1.54) is 0 Å². The lowest BCUT2D eigenvalue weighted by atomic mass is 9.99. The van der Waals surface area contributed by atoms with Crippen molar-refractivity contribution >= 4 is 0 Å². The molecule has 1 fully saturated rings. The zero-order valence-electron chi connectivity index (χ0n) is 10.4. The minimum Gasteiger partial charge on any atom is -0.504 e. The van der Waals surface area contributed by atoms with Crippen molar-refractivity contribution in [3.63, 3.8) is 0 Å². The molecule has 2 rings (SSSR count). The van der Waals surface area contributed by atoms with Gasteiger partial charge in [-0.2, -0.15) is 0 Å². The second-order valence-electron chi connectivity index (χ2n) is 4.72. The van der Waals surface area contributed by atoms with Gasteiger partial charge in [0.05, 0.1) is 7.11 Å². The van der Waals surface area contributed by atoms with E-state index < -0.39 is 0 Å². The van der Waals surface area contributed by atoms with Gasteiger partial charge in [-0.3, -0.25) is 4.90 Å². The smallest absolute Gasteiger partial charge is 0.160 e. The summed E-state index contributed by atoms with van der Waals surface area (Å²) in [7, 11) is 3.66. The van der Waals surface area contributed by atoms with E-state index >= 15 is 0 Å². The van der Waals surface area contributed by atoms with Gasteiger partial charge in [0.2, 0.25) is 0 Å². The number of phenols is 1. The predicted molar refractivity (Wildman–Crippen MR) is 67.2 cm³/mol. The summed E-state index contributed by atoms with van der Waals surface area (Å²) in [6.45, 7) is 1.75. The first-order valence-electron chi connectivity index (χ1n) is 5.93. The van der Waals surface area contributed by atoms with Crippen molar-refractivity contribution in [1.29, 1.82) is 0 Å². The van der Waals surface area contributed by atoms with Crippen LogP contribution in [0.25, 0.3) is 0 Å². The number of likely N-dealkylation sites (tertiary alicyclic amines) is 1. The molecule has 0 spiro atoms. The molecule has 0 bridgehead atoms. The molecule has 94 valence electrons. The number of nitrogens with zero attached hydrogens (tertiary/aromatic N) is 1. The number of hydrogen-bond donors (Lipinski definition) is 2. The number of rotatable bonds is 3. The third-order valence-corrected chi connectivity index (χ3v) is 3.56. The summed E-state index contributed by atoms with van der Waals surface area (Å²) >= 11 is 0. The highest BCUT2D eigenvalue weighted by Crippen LogP contribution is 2.37. The zero-order valence-corrected chi connectivity index (χ0v) is 10.4. The average Bonchev–Trinajstić information content (AvgIpc) is 2.70. The average molecular weight is 236 g/mol. The maximum Gasteiger partial charge on any atom is 0.160 e. The third kappa shape index (κ3) is 2.37. The SMILES string of the molecule is COc1ccc(C2CC(CN)CN2C)cc1O. The van der Waals surface area contributed by atoms with E-state index in [0.717, 1.165) is 25.1 Å². The standard InChI is InChI=1S/C13H20N2O2/c1-15-8-9(7-14)5-11(15)10-3-4-13(17-2)12(16)6-10/h3-4,6,9,11,16H,5,7-8,14H2,1-2H3. The lowest BCUT2D eigenvalue weighted by Gasteiger charge is -2.20. The summed E-state index contributed by atoms with van der Waals surface area (Å²) in [6.07, 6.45) is 1.05. The molecule has 1 saturated heterocycles. The normalized spacial score (nSPS) is 25.1. The topological polar surface area (TPSA) is 58.7 Å². The monoisotopic (exact) mass is 236 g/mol. The summed E-state index contributed by atoms with van der Waals surface area (Å²) in [4.78, 5) is 2.29. The molecule has 2 atom stereocenters. The van der Waals surface area contributed by atoms with Crippen LogP contribution in [0, 0.1) is 5.92 Å². The van der Waals surface area contributed by atoms with Gasteiger partial charge in [-0.25, -0.2) is 0 Å². The molecule has 4 nitrogen and oxygen atoms in total. The van der Waals surface area contributed by atoms with E-state index in [1.807, 2.05) is 12.1 Å². The molecule has 0 radical (unpaired) electrons. The summed E-state index contributed by atoms with van der Waals surface area (Å²) in [5.41, 5.74) is 6.84. The summed E-state index contributed by atoms with van der Waals surface area (Å²) in [6, 6.07) is 5.96. The lowest BCUT2D eigenvalue weighted by molar-refractivity contribution is 0.311. The van der Waals surface area contributed by atoms with E-state index in [0.29, 0.717) is 17.7 Å². The van der Waals surface area contributed by atoms with Gasteiger partial charge in [0.1, 0.15) is 0 Å². The fraction of sp³-hybridized carbons (Fsp3) is 0.538. The van der Waals surface area contributed by atoms with Crippen LogP contribution in [0.5, 0.6) is 11.5 Å². The van der Waals surface area contributed by atoms with E-state index in [9.17, 15) is 5.11 Å². The van der Waals surface area contributed by atoms with Crippen molar-refractivity contribution in [2.24, 2.45) is 11.7 Å². The van der Waals surface area contributed by atoms with Crippen molar-refractivity contribution in [2.75, 3.05) is 27.2 Å². The lowest BCUT2D eigenvalue weighted by Crippen LogP contribution is -2.20. The molecule has 0 aliphatic carbocycles. The number of aromatic hydroxyl groups is 1. The molecule has 0 aromatic heterocycles. The Morgan fingerprint density at radius 3 is 2.82 bits per heavy atom. The highest BCUT2D eigenvalue weighted by molar-refractivity contribution is 5.42. The van der Waals surface area contributed by atoms with Crippen LogP contribution in [0.2, 0.25) is 0 Å². The third-order valence-electron chi connectivity index (χ3n) is 3.56. The number of phenolic OH excluding ortho intramolecular Hbond substituents is 1. The van der Waals surface area contributed by atoms with E-state index in [4.69, 9.17) is 10.5 Å². The summed E-state index contributed by atoms with van der Waals surface area (Å²) in [5.74, 6) is 1.27. The first kappa shape index (κ1) is 12.2. The highest BCUT2D eigenvalue weighted by atomic mass is 16.5. The molecule has 0 amide bonds. The minimum atomic E-state index is 0.203. The first-order valence-corrected chi connectivity index (χ1v) is 5.93. The molecule has 3 N–H and O–H groups in total. The van der Waals surface area contributed by atoms with E-state index in [2.05, 4.69) is 11.9 Å². The second kappa shape index (κ2) is 4.94. The van der Waals surface area contributed by atoms with Gasteiger partial charge < -0.3 is 15.6 Å². The molecule has 1 aromatic carbocycles. The van der Waals surface area contributed by atoms with Crippen LogP contribution in [0.4, 0.5) is 0 Å². The second-order valence-corrected chi connectivity index (χ2v) is 4.72. The molecule has 1 aliphatic rings. The minimum absolute atomic E-state index is 0.203. The molecular formula is C13H20N2O2. The van der Waals surface area contributed by atoms with Crippen molar-refractivity contribution in [3.8, 4) is 11.5 Å². The Morgan fingerprint density at radius 1 is 1.53 bits per heavy atom. The zero-order chi connectivity index (χ0) is 12.4.